The second-order valence-electron chi connectivity index (χ2n) is 4.26. The predicted octanol–water partition coefficient (Wildman–Crippen LogP) is 1.38. The summed E-state index contributed by atoms with van der Waals surface area (Å²) in [6.45, 7) is 1.75. The number of benzene rings is 1. The molecule has 7 nitrogen and oxygen atoms in total. The summed E-state index contributed by atoms with van der Waals surface area (Å²) in [4.78, 5) is 22.9. The Hall–Kier alpha value is -2.83. The van der Waals surface area contributed by atoms with E-state index in [9.17, 15) is 14.7 Å². The predicted molar refractivity (Wildman–Crippen MR) is 71.0 cm³/mol. The zero-order valence-electron chi connectivity index (χ0n) is 10.9. The molecule has 3 N–H and O–H groups in total. The van der Waals surface area contributed by atoms with Crippen LogP contribution in [0.1, 0.15) is 26.4 Å². The molecule has 0 saturated carbocycles. The standard InChI is InChI=1S/C13H13N3O4/c1-7-10(6-14-16(7)2)12(18)15-8-3-4-11(17)9(5-8)13(19)20/h3-6,17H,1-2H3,(H,15,18)(H,19,20). The van der Waals surface area contributed by atoms with E-state index in [-0.39, 0.29) is 17.0 Å². The van der Waals surface area contributed by atoms with Crippen molar-refractivity contribution in [1.29, 1.82) is 0 Å². The van der Waals surface area contributed by atoms with Crippen LogP contribution in [0.3, 0.4) is 0 Å². The molecule has 2 rings (SSSR count). The number of rotatable bonds is 3. The number of phenols is 1. The monoisotopic (exact) mass is 275 g/mol. The van der Waals surface area contributed by atoms with E-state index in [4.69, 9.17) is 5.11 Å². The van der Waals surface area contributed by atoms with Gasteiger partial charge in [-0.2, -0.15) is 5.10 Å². The van der Waals surface area contributed by atoms with Crippen molar-refractivity contribution in [2.75, 3.05) is 5.32 Å². The first-order valence-corrected chi connectivity index (χ1v) is 5.76. The van der Waals surface area contributed by atoms with E-state index in [0.29, 0.717) is 11.3 Å². The minimum atomic E-state index is -1.27. The van der Waals surface area contributed by atoms with Crippen molar-refractivity contribution < 1.29 is 19.8 Å². The average Bonchev–Trinajstić information content (AvgIpc) is 2.72. The van der Waals surface area contributed by atoms with Crippen LogP contribution in [0.4, 0.5) is 5.69 Å². The maximum absolute atomic E-state index is 12.0. The number of amides is 1. The van der Waals surface area contributed by atoms with Crippen molar-refractivity contribution >= 4 is 17.6 Å². The Balaban J connectivity index is 2.26. The van der Waals surface area contributed by atoms with Gasteiger partial charge in [0.25, 0.3) is 5.91 Å². The van der Waals surface area contributed by atoms with Gasteiger partial charge in [0.15, 0.2) is 0 Å². The Kier molecular flexibility index (Phi) is 3.43. The van der Waals surface area contributed by atoms with Crippen molar-refractivity contribution in [3.8, 4) is 5.75 Å². The molecule has 2 aromatic rings. The fourth-order valence-corrected chi connectivity index (χ4v) is 1.71. The van der Waals surface area contributed by atoms with Gasteiger partial charge >= 0.3 is 5.97 Å². The van der Waals surface area contributed by atoms with Crippen LogP contribution in [0.5, 0.6) is 5.75 Å². The van der Waals surface area contributed by atoms with Gasteiger partial charge in [-0.15, -0.1) is 0 Å². The molecule has 0 fully saturated rings. The lowest BCUT2D eigenvalue weighted by Crippen LogP contribution is -2.13. The van der Waals surface area contributed by atoms with Crippen LogP contribution in [-0.4, -0.2) is 31.9 Å². The number of carbonyl (C=O) groups excluding carboxylic acids is 1. The van der Waals surface area contributed by atoms with E-state index >= 15 is 0 Å². The molecular weight excluding hydrogens is 262 g/mol. The second-order valence-corrected chi connectivity index (χ2v) is 4.26. The zero-order chi connectivity index (χ0) is 14.9. The maximum Gasteiger partial charge on any atom is 0.339 e. The van der Waals surface area contributed by atoms with Crippen LogP contribution < -0.4 is 5.32 Å². The second kappa shape index (κ2) is 5.04. The fraction of sp³-hybridized carbons (Fsp3) is 0.154. The van der Waals surface area contributed by atoms with E-state index in [0.717, 1.165) is 0 Å². The van der Waals surface area contributed by atoms with Gasteiger partial charge < -0.3 is 15.5 Å². The molecule has 0 aliphatic rings. The molecule has 0 spiro atoms. The fourth-order valence-electron chi connectivity index (χ4n) is 1.71. The number of anilines is 1. The number of nitrogens with zero attached hydrogens (tertiary/aromatic N) is 2. The number of aromatic carboxylic acids is 1. The molecule has 0 aliphatic heterocycles. The molecule has 1 amide bonds. The van der Waals surface area contributed by atoms with E-state index in [1.807, 2.05) is 0 Å². The van der Waals surface area contributed by atoms with Crippen LogP contribution in [-0.2, 0) is 7.05 Å². The number of aromatic hydroxyl groups is 1. The number of carboxylic acid groups (broad SMARTS) is 1. The molecule has 7 heteroatoms. The lowest BCUT2D eigenvalue weighted by molar-refractivity contribution is 0.0693. The minimum Gasteiger partial charge on any atom is -0.507 e. The van der Waals surface area contributed by atoms with Crippen molar-refractivity contribution in [1.82, 2.24) is 9.78 Å². The first-order chi connectivity index (χ1) is 9.40. The zero-order valence-corrected chi connectivity index (χ0v) is 10.9. The largest absolute Gasteiger partial charge is 0.507 e. The summed E-state index contributed by atoms with van der Waals surface area (Å²) < 4.78 is 1.56. The third-order valence-electron chi connectivity index (χ3n) is 2.96. The lowest BCUT2D eigenvalue weighted by Gasteiger charge is -2.07. The van der Waals surface area contributed by atoms with Crippen molar-refractivity contribution in [3.05, 3.63) is 41.2 Å². The smallest absolute Gasteiger partial charge is 0.339 e. The van der Waals surface area contributed by atoms with Crippen molar-refractivity contribution in [2.24, 2.45) is 7.05 Å². The molecule has 20 heavy (non-hydrogen) atoms. The average molecular weight is 275 g/mol. The van der Waals surface area contributed by atoms with Gasteiger partial charge in [0, 0.05) is 18.4 Å². The number of carboxylic acids is 1. The molecule has 1 aromatic heterocycles. The van der Waals surface area contributed by atoms with Gasteiger partial charge in [-0.1, -0.05) is 0 Å². The maximum atomic E-state index is 12.0. The molecule has 0 atom stereocenters. The Morgan fingerprint density at radius 3 is 2.55 bits per heavy atom. The first kappa shape index (κ1) is 13.6. The molecule has 104 valence electrons. The molecular formula is C13H13N3O4. The van der Waals surface area contributed by atoms with Crippen molar-refractivity contribution in [2.45, 2.75) is 6.92 Å². The highest BCUT2D eigenvalue weighted by molar-refractivity contribution is 6.05. The van der Waals surface area contributed by atoms with E-state index in [1.165, 1.54) is 24.4 Å². The highest BCUT2D eigenvalue weighted by Crippen LogP contribution is 2.22. The number of hydrogen-bond acceptors (Lipinski definition) is 4. The number of nitrogens with one attached hydrogen (secondary N) is 1. The number of aromatic nitrogens is 2. The summed E-state index contributed by atoms with van der Waals surface area (Å²) in [5, 5.41) is 24.8. The van der Waals surface area contributed by atoms with Gasteiger partial charge in [0.05, 0.1) is 11.8 Å². The van der Waals surface area contributed by atoms with Crippen LogP contribution in [0.15, 0.2) is 24.4 Å². The SMILES string of the molecule is Cc1c(C(=O)Nc2ccc(O)c(C(=O)O)c2)cnn1C. The van der Waals surface area contributed by atoms with E-state index in [2.05, 4.69) is 10.4 Å². The van der Waals surface area contributed by atoms with E-state index in [1.54, 1.807) is 18.7 Å². The Morgan fingerprint density at radius 2 is 2.00 bits per heavy atom. The topological polar surface area (TPSA) is 104 Å². The van der Waals surface area contributed by atoms with Crippen LogP contribution in [0.25, 0.3) is 0 Å². The molecule has 0 unspecified atom stereocenters. The van der Waals surface area contributed by atoms with Crippen molar-refractivity contribution in [3.63, 3.8) is 0 Å². The summed E-state index contributed by atoms with van der Waals surface area (Å²) in [7, 11) is 1.72. The van der Waals surface area contributed by atoms with Gasteiger partial charge in [0.1, 0.15) is 11.3 Å². The van der Waals surface area contributed by atoms with Gasteiger partial charge in [0.2, 0.25) is 0 Å². The first-order valence-electron chi connectivity index (χ1n) is 5.76. The van der Waals surface area contributed by atoms with Gasteiger partial charge in [-0.3, -0.25) is 9.48 Å². The normalized spacial score (nSPS) is 10.3. The molecule has 0 radical (unpaired) electrons. The highest BCUT2D eigenvalue weighted by Gasteiger charge is 2.15. The number of hydrogen-bond donors (Lipinski definition) is 3. The molecule has 0 bridgehead atoms. The Labute approximate surface area is 114 Å². The van der Waals surface area contributed by atoms with Gasteiger partial charge in [-0.05, 0) is 25.1 Å². The summed E-state index contributed by atoms with van der Waals surface area (Å²) in [6.07, 6.45) is 1.43. The number of carbonyl (C=O) groups is 2. The molecule has 1 aromatic carbocycles. The van der Waals surface area contributed by atoms with Crippen LogP contribution in [0, 0.1) is 6.92 Å². The third kappa shape index (κ3) is 2.46. The molecule has 0 aliphatic carbocycles. The Morgan fingerprint density at radius 1 is 1.30 bits per heavy atom. The summed E-state index contributed by atoms with van der Waals surface area (Å²) in [5.74, 6) is -2.01. The molecule has 1 heterocycles. The van der Waals surface area contributed by atoms with Crippen LogP contribution in [0.2, 0.25) is 0 Å². The Bertz CT molecular complexity index is 691. The van der Waals surface area contributed by atoms with E-state index < -0.39 is 11.9 Å². The highest BCUT2D eigenvalue weighted by atomic mass is 16.4. The number of aryl methyl sites for hydroxylation is 1. The summed E-state index contributed by atoms with van der Waals surface area (Å²) in [5.41, 5.74) is 1.11. The summed E-state index contributed by atoms with van der Waals surface area (Å²) >= 11 is 0. The lowest BCUT2D eigenvalue weighted by atomic mass is 10.1. The third-order valence-corrected chi connectivity index (χ3v) is 2.96. The quantitative estimate of drug-likeness (QED) is 0.734. The summed E-state index contributed by atoms with van der Waals surface area (Å²) in [6, 6.07) is 3.84. The van der Waals surface area contributed by atoms with Gasteiger partial charge in [-0.25, -0.2) is 4.79 Å². The minimum absolute atomic E-state index is 0.272. The van der Waals surface area contributed by atoms with Crippen LogP contribution >= 0.6 is 0 Å². The molecule has 0 saturated heterocycles.